The van der Waals surface area contributed by atoms with Crippen LogP contribution in [0.1, 0.15) is 53.7 Å². The van der Waals surface area contributed by atoms with Crippen molar-refractivity contribution < 1.29 is 23.8 Å². The van der Waals surface area contributed by atoms with Crippen molar-refractivity contribution in [3.05, 3.63) is 53.1 Å². The Labute approximate surface area is 182 Å². The van der Waals surface area contributed by atoms with Crippen LogP contribution < -0.4 is 19.5 Å². The molecule has 0 aliphatic rings. The molecule has 0 spiro atoms. The van der Waals surface area contributed by atoms with Gasteiger partial charge in [-0.05, 0) is 29.7 Å². The fourth-order valence-corrected chi connectivity index (χ4v) is 3.21. The van der Waals surface area contributed by atoms with E-state index < -0.39 is 11.9 Å². The summed E-state index contributed by atoms with van der Waals surface area (Å²) in [6.07, 6.45) is 2.05. The van der Waals surface area contributed by atoms with Gasteiger partial charge in [0.1, 0.15) is 6.04 Å². The van der Waals surface area contributed by atoms with Crippen LogP contribution in [-0.4, -0.2) is 33.0 Å². The van der Waals surface area contributed by atoms with Gasteiger partial charge >= 0.3 is 0 Å². The Hall–Kier alpha value is -3.53. The number of Topliss-reactive ketones (excluding diaryl/α,β-unsaturated/α-hetero) is 1. The van der Waals surface area contributed by atoms with E-state index in [9.17, 15) is 14.9 Å². The van der Waals surface area contributed by atoms with E-state index in [4.69, 9.17) is 14.2 Å². The van der Waals surface area contributed by atoms with Gasteiger partial charge in [-0.2, -0.15) is 5.26 Å². The molecule has 164 valence electrons. The van der Waals surface area contributed by atoms with Gasteiger partial charge in [-0.25, -0.2) is 0 Å². The van der Waals surface area contributed by atoms with Crippen molar-refractivity contribution in [3.63, 3.8) is 0 Å². The molecule has 0 saturated carbocycles. The standard InChI is InChI=1S/C24H28N2O5/c1-5-6-16-7-9-17(10-8-16)20(27)11-12-23(28)26-19(15-25)18-13-21(29-2)24(31-4)22(14-18)30-3/h7-10,13-14,19H,5-6,11-12H2,1-4H3,(H,26,28). The molecular formula is C24H28N2O5. The monoisotopic (exact) mass is 424 g/mol. The van der Waals surface area contributed by atoms with Crippen molar-refractivity contribution in [3.8, 4) is 23.3 Å². The molecule has 0 saturated heterocycles. The molecule has 1 N–H and O–H groups in total. The van der Waals surface area contributed by atoms with E-state index in [1.807, 2.05) is 12.1 Å². The largest absolute Gasteiger partial charge is 0.493 e. The molecule has 0 bridgehead atoms. The van der Waals surface area contributed by atoms with Crippen LogP contribution in [0.3, 0.4) is 0 Å². The number of hydrogen-bond acceptors (Lipinski definition) is 6. The average Bonchev–Trinajstić information content (AvgIpc) is 2.80. The first-order valence-corrected chi connectivity index (χ1v) is 10.1. The summed E-state index contributed by atoms with van der Waals surface area (Å²) in [4.78, 5) is 24.8. The lowest BCUT2D eigenvalue weighted by molar-refractivity contribution is -0.121. The minimum absolute atomic E-state index is 0.0157. The van der Waals surface area contributed by atoms with Gasteiger partial charge in [-0.15, -0.1) is 0 Å². The second-order valence-electron chi connectivity index (χ2n) is 6.96. The molecule has 7 heteroatoms. The molecule has 2 aromatic rings. The lowest BCUT2D eigenvalue weighted by Gasteiger charge is -2.17. The van der Waals surface area contributed by atoms with Gasteiger partial charge < -0.3 is 19.5 Å². The normalized spacial score (nSPS) is 11.2. The molecule has 0 aliphatic carbocycles. The molecule has 1 amide bonds. The van der Waals surface area contributed by atoms with Crippen LogP contribution in [-0.2, 0) is 11.2 Å². The van der Waals surface area contributed by atoms with Gasteiger partial charge in [-0.3, -0.25) is 9.59 Å². The Balaban J connectivity index is 2.03. The number of methoxy groups -OCH3 is 3. The zero-order valence-electron chi connectivity index (χ0n) is 18.4. The SMILES string of the molecule is CCCc1ccc(C(=O)CCC(=O)NC(C#N)c2cc(OC)c(OC)c(OC)c2)cc1. The topological polar surface area (TPSA) is 97.7 Å². The van der Waals surface area contributed by atoms with E-state index in [0.29, 0.717) is 28.4 Å². The van der Waals surface area contributed by atoms with Gasteiger partial charge in [0.25, 0.3) is 0 Å². The Bertz CT molecular complexity index is 922. The molecule has 31 heavy (non-hydrogen) atoms. The first-order chi connectivity index (χ1) is 15.0. The molecule has 0 aromatic heterocycles. The second kappa shape index (κ2) is 11.6. The number of carbonyl (C=O) groups is 2. The van der Waals surface area contributed by atoms with E-state index in [1.54, 1.807) is 24.3 Å². The summed E-state index contributed by atoms with van der Waals surface area (Å²) in [7, 11) is 4.43. The minimum atomic E-state index is -0.926. The molecule has 7 nitrogen and oxygen atoms in total. The van der Waals surface area contributed by atoms with E-state index >= 15 is 0 Å². The second-order valence-corrected chi connectivity index (χ2v) is 6.96. The van der Waals surface area contributed by atoms with Crippen LogP contribution in [0.5, 0.6) is 17.2 Å². The maximum absolute atomic E-state index is 12.4. The van der Waals surface area contributed by atoms with Crippen LogP contribution >= 0.6 is 0 Å². The van der Waals surface area contributed by atoms with Crippen molar-refractivity contribution in [2.45, 2.75) is 38.6 Å². The maximum Gasteiger partial charge on any atom is 0.221 e. The molecule has 2 rings (SSSR count). The highest BCUT2D eigenvalue weighted by Gasteiger charge is 2.20. The summed E-state index contributed by atoms with van der Waals surface area (Å²) >= 11 is 0. The highest BCUT2D eigenvalue weighted by molar-refractivity contribution is 5.98. The number of benzene rings is 2. The zero-order chi connectivity index (χ0) is 22.8. The molecule has 0 fully saturated rings. The number of nitriles is 1. The summed E-state index contributed by atoms with van der Waals surface area (Å²) in [5.41, 5.74) is 2.25. The molecule has 0 aliphatic heterocycles. The third-order valence-electron chi connectivity index (χ3n) is 4.85. The quantitative estimate of drug-likeness (QED) is 0.548. The summed E-state index contributed by atoms with van der Waals surface area (Å²) in [5, 5.41) is 12.2. The fraction of sp³-hybridized carbons (Fsp3) is 0.375. The van der Waals surface area contributed by atoms with Crippen LogP contribution in [0.15, 0.2) is 36.4 Å². The molecular weight excluding hydrogens is 396 g/mol. The number of ether oxygens (including phenoxy) is 3. The van der Waals surface area contributed by atoms with E-state index in [1.165, 1.54) is 26.9 Å². The predicted octanol–water partition coefficient (Wildman–Crippen LogP) is 4.01. The summed E-state index contributed by atoms with van der Waals surface area (Å²) < 4.78 is 15.9. The van der Waals surface area contributed by atoms with Crippen LogP contribution in [0.2, 0.25) is 0 Å². The number of amides is 1. The van der Waals surface area contributed by atoms with E-state index in [0.717, 1.165) is 12.8 Å². The molecule has 1 unspecified atom stereocenters. The Morgan fingerprint density at radius 3 is 2.10 bits per heavy atom. The number of rotatable bonds is 11. The van der Waals surface area contributed by atoms with Gasteiger partial charge in [0.2, 0.25) is 11.7 Å². The van der Waals surface area contributed by atoms with Crippen molar-refractivity contribution >= 4 is 11.7 Å². The molecule has 2 aromatic carbocycles. The smallest absolute Gasteiger partial charge is 0.221 e. The highest BCUT2D eigenvalue weighted by Crippen LogP contribution is 2.39. The van der Waals surface area contributed by atoms with E-state index in [2.05, 4.69) is 18.3 Å². The third kappa shape index (κ3) is 6.22. The minimum Gasteiger partial charge on any atom is -0.493 e. The summed E-state index contributed by atoms with van der Waals surface area (Å²) in [6.45, 7) is 2.10. The summed E-state index contributed by atoms with van der Waals surface area (Å²) in [6, 6.07) is 11.8. The Morgan fingerprint density at radius 2 is 1.61 bits per heavy atom. The number of nitrogens with one attached hydrogen (secondary N) is 1. The summed E-state index contributed by atoms with van der Waals surface area (Å²) in [5.74, 6) is 0.657. The highest BCUT2D eigenvalue weighted by atomic mass is 16.5. The van der Waals surface area contributed by atoms with Crippen molar-refractivity contribution in [2.24, 2.45) is 0 Å². The maximum atomic E-state index is 12.4. The van der Waals surface area contributed by atoms with Gasteiger partial charge in [0, 0.05) is 18.4 Å². The van der Waals surface area contributed by atoms with Crippen LogP contribution in [0, 0.1) is 11.3 Å². The first-order valence-electron chi connectivity index (χ1n) is 10.1. The number of ketones is 1. The van der Waals surface area contributed by atoms with Crippen LogP contribution in [0.25, 0.3) is 0 Å². The van der Waals surface area contributed by atoms with Crippen LogP contribution in [0.4, 0.5) is 0 Å². The lowest BCUT2D eigenvalue weighted by Crippen LogP contribution is -2.28. The van der Waals surface area contributed by atoms with Gasteiger partial charge in [0.15, 0.2) is 17.3 Å². The Kier molecular flexibility index (Phi) is 8.89. The molecule has 1 atom stereocenters. The van der Waals surface area contributed by atoms with Gasteiger partial charge in [-0.1, -0.05) is 37.6 Å². The predicted molar refractivity (Wildman–Crippen MR) is 117 cm³/mol. The fourth-order valence-electron chi connectivity index (χ4n) is 3.21. The van der Waals surface area contributed by atoms with Gasteiger partial charge in [0.05, 0.1) is 27.4 Å². The van der Waals surface area contributed by atoms with Crippen molar-refractivity contribution in [1.82, 2.24) is 5.32 Å². The number of carbonyl (C=O) groups excluding carboxylic acids is 2. The average molecular weight is 424 g/mol. The Morgan fingerprint density at radius 1 is 1.00 bits per heavy atom. The zero-order valence-corrected chi connectivity index (χ0v) is 18.4. The lowest BCUT2D eigenvalue weighted by atomic mass is 10.0. The third-order valence-corrected chi connectivity index (χ3v) is 4.85. The molecule has 0 radical (unpaired) electrons. The first kappa shape index (κ1) is 23.7. The van der Waals surface area contributed by atoms with Crippen molar-refractivity contribution in [1.29, 1.82) is 5.26 Å². The number of hydrogen-bond donors (Lipinski definition) is 1. The van der Waals surface area contributed by atoms with E-state index in [-0.39, 0.29) is 18.6 Å². The molecule has 0 heterocycles. The number of nitrogens with zero attached hydrogens (tertiary/aromatic N) is 1. The number of aryl methyl sites for hydroxylation is 1. The van der Waals surface area contributed by atoms with Crippen molar-refractivity contribution in [2.75, 3.05) is 21.3 Å².